The summed E-state index contributed by atoms with van der Waals surface area (Å²) in [7, 11) is 1.27. The zero-order valence-electron chi connectivity index (χ0n) is 15.7. The fourth-order valence-electron chi connectivity index (χ4n) is 3.77. The standard InChI is InChI=1S/C22H17Cl2N3O2/c1-13-18(21(28)29-2)19(14-3-7-16(23)8-4-14)22(11-25,12-26)20(27-13)15-5-9-17(24)10-6-15/h3-10,19-20,27H,1-2H3. The minimum atomic E-state index is -1.62. The van der Waals surface area contributed by atoms with Gasteiger partial charge in [0.2, 0.25) is 0 Å². The highest BCUT2D eigenvalue weighted by atomic mass is 35.5. The molecular formula is C22H17Cl2N3O2. The Balaban J connectivity index is 2.31. The van der Waals surface area contributed by atoms with E-state index >= 15 is 0 Å². The number of allylic oxidation sites excluding steroid dienone is 1. The Labute approximate surface area is 179 Å². The van der Waals surface area contributed by atoms with Gasteiger partial charge in [0.1, 0.15) is 0 Å². The van der Waals surface area contributed by atoms with Crippen molar-refractivity contribution < 1.29 is 9.53 Å². The molecule has 0 fully saturated rings. The molecule has 0 aliphatic carbocycles. The molecule has 5 nitrogen and oxygen atoms in total. The molecule has 29 heavy (non-hydrogen) atoms. The quantitative estimate of drug-likeness (QED) is 0.706. The predicted molar refractivity (Wildman–Crippen MR) is 110 cm³/mol. The molecule has 1 N–H and O–H groups in total. The van der Waals surface area contributed by atoms with Crippen LogP contribution in [0, 0.1) is 28.1 Å². The lowest BCUT2D eigenvalue weighted by Crippen LogP contribution is -2.47. The van der Waals surface area contributed by atoms with Gasteiger partial charge in [-0.05, 0) is 42.3 Å². The average molecular weight is 426 g/mol. The zero-order valence-corrected chi connectivity index (χ0v) is 17.3. The summed E-state index contributed by atoms with van der Waals surface area (Å²) in [5.74, 6) is -1.44. The number of carbonyl (C=O) groups is 1. The van der Waals surface area contributed by atoms with Crippen LogP contribution in [0.1, 0.15) is 30.0 Å². The van der Waals surface area contributed by atoms with Gasteiger partial charge in [-0.25, -0.2) is 4.79 Å². The number of esters is 1. The van der Waals surface area contributed by atoms with Crippen molar-refractivity contribution in [1.29, 1.82) is 10.5 Å². The number of methoxy groups -OCH3 is 1. The topological polar surface area (TPSA) is 85.9 Å². The first-order chi connectivity index (χ1) is 13.9. The molecule has 0 saturated carbocycles. The fraction of sp³-hybridized carbons (Fsp3) is 0.227. The van der Waals surface area contributed by atoms with E-state index in [-0.39, 0.29) is 5.57 Å². The lowest BCUT2D eigenvalue weighted by molar-refractivity contribution is -0.137. The monoisotopic (exact) mass is 425 g/mol. The number of hydrogen-bond donors (Lipinski definition) is 1. The first kappa shape index (κ1) is 20.7. The number of carbonyl (C=O) groups excluding carboxylic acids is 1. The molecule has 0 saturated heterocycles. The van der Waals surface area contributed by atoms with E-state index in [1.54, 1.807) is 55.5 Å². The average Bonchev–Trinajstić information content (AvgIpc) is 2.74. The molecule has 2 aromatic carbocycles. The summed E-state index contributed by atoms with van der Waals surface area (Å²) in [5.41, 5.74) is 0.489. The molecule has 0 aromatic heterocycles. The maximum absolute atomic E-state index is 12.7. The van der Waals surface area contributed by atoms with Crippen LogP contribution >= 0.6 is 23.2 Å². The van der Waals surface area contributed by atoms with Crippen molar-refractivity contribution in [2.45, 2.75) is 18.9 Å². The van der Waals surface area contributed by atoms with Gasteiger partial charge in [0, 0.05) is 15.7 Å². The highest BCUT2D eigenvalue weighted by molar-refractivity contribution is 6.30. The van der Waals surface area contributed by atoms with Crippen molar-refractivity contribution in [3.8, 4) is 12.1 Å². The van der Waals surface area contributed by atoms with Crippen LogP contribution in [0.15, 0.2) is 59.8 Å². The van der Waals surface area contributed by atoms with Crippen LogP contribution in [-0.4, -0.2) is 13.1 Å². The molecule has 2 unspecified atom stereocenters. The van der Waals surface area contributed by atoms with E-state index in [1.807, 2.05) is 0 Å². The molecule has 0 spiro atoms. The summed E-state index contributed by atoms with van der Waals surface area (Å²) in [6.07, 6.45) is 0. The van der Waals surface area contributed by atoms with Crippen molar-refractivity contribution in [2.24, 2.45) is 5.41 Å². The second kappa shape index (κ2) is 8.17. The van der Waals surface area contributed by atoms with Crippen LogP contribution in [0.5, 0.6) is 0 Å². The second-order valence-electron chi connectivity index (χ2n) is 6.74. The van der Waals surface area contributed by atoms with E-state index < -0.39 is 23.3 Å². The number of nitriles is 2. The molecule has 2 aromatic rings. The first-order valence-electron chi connectivity index (χ1n) is 8.77. The van der Waals surface area contributed by atoms with Gasteiger partial charge in [0.05, 0.1) is 36.8 Å². The number of ether oxygens (including phenoxy) is 1. The van der Waals surface area contributed by atoms with Gasteiger partial charge < -0.3 is 10.1 Å². The van der Waals surface area contributed by atoms with E-state index in [2.05, 4.69) is 17.5 Å². The largest absolute Gasteiger partial charge is 0.466 e. The summed E-state index contributed by atoms with van der Waals surface area (Å²) >= 11 is 12.0. The molecule has 0 amide bonds. The summed E-state index contributed by atoms with van der Waals surface area (Å²) < 4.78 is 4.98. The van der Waals surface area contributed by atoms with E-state index in [4.69, 9.17) is 27.9 Å². The third-order valence-electron chi connectivity index (χ3n) is 5.15. The molecule has 7 heteroatoms. The highest BCUT2D eigenvalue weighted by Crippen LogP contribution is 2.53. The van der Waals surface area contributed by atoms with Crippen molar-refractivity contribution in [3.63, 3.8) is 0 Å². The highest BCUT2D eigenvalue weighted by Gasteiger charge is 2.54. The summed E-state index contributed by atoms with van der Waals surface area (Å²) in [6, 6.07) is 17.4. The number of benzene rings is 2. The van der Waals surface area contributed by atoms with Gasteiger partial charge in [-0.15, -0.1) is 0 Å². The van der Waals surface area contributed by atoms with Crippen LogP contribution in [-0.2, 0) is 9.53 Å². The molecule has 0 radical (unpaired) electrons. The lowest BCUT2D eigenvalue weighted by atomic mass is 9.62. The number of halogens is 2. The molecule has 1 aliphatic rings. The van der Waals surface area contributed by atoms with Crippen LogP contribution < -0.4 is 5.32 Å². The Kier molecular flexibility index (Phi) is 5.84. The summed E-state index contributed by atoms with van der Waals surface area (Å²) in [4.78, 5) is 12.7. The summed E-state index contributed by atoms with van der Waals surface area (Å²) in [5, 5.41) is 24.7. The van der Waals surface area contributed by atoms with E-state index in [0.717, 1.165) is 0 Å². The molecule has 3 rings (SSSR count). The Morgan fingerprint density at radius 2 is 1.48 bits per heavy atom. The number of nitrogens with one attached hydrogen (secondary N) is 1. The third-order valence-corrected chi connectivity index (χ3v) is 5.65. The van der Waals surface area contributed by atoms with Gasteiger partial charge in [0.25, 0.3) is 0 Å². The van der Waals surface area contributed by atoms with Crippen molar-refractivity contribution in [1.82, 2.24) is 5.32 Å². The third kappa shape index (κ3) is 3.56. The maximum atomic E-state index is 12.7. The number of hydrogen-bond acceptors (Lipinski definition) is 5. The minimum Gasteiger partial charge on any atom is -0.466 e. The van der Waals surface area contributed by atoms with E-state index in [9.17, 15) is 15.3 Å². The molecule has 2 atom stereocenters. The fourth-order valence-corrected chi connectivity index (χ4v) is 4.02. The van der Waals surface area contributed by atoms with Gasteiger partial charge in [-0.1, -0.05) is 47.5 Å². The van der Waals surface area contributed by atoms with Gasteiger partial charge >= 0.3 is 5.97 Å². The predicted octanol–water partition coefficient (Wildman–Crippen LogP) is 4.90. The molecule has 1 heterocycles. The Morgan fingerprint density at radius 3 is 1.93 bits per heavy atom. The van der Waals surface area contributed by atoms with Crippen molar-refractivity contribution in [3.05, 3.63) is 81.0 Å². The van der Waals surface area contributed by atoms with Crippen LogP contribution in [0.25, 0.3) is 0 Å². The first-order valence-corrected chi connectivity index (χ1v) is 9.52. The molecular weight excluding hydrogens is 409 g/mol. The van der Waals surface area contributed by atoms with Gasteiger partial charge in [0.15, 0.2) is 5.41 Å². The lowest BCUT2D eigenvalue weighted by Gasteiger charge is -2.43. The number of rotatable bonds is 3. The summed E-state index contributed by atoms with van der Waals surface area (Å²) in [6.45, 7) is 1.73. The van der Waals surface area contributed by atoms with Crippen LogP contribution in [0.4, 0.5) is 0 Å². The normalized spacial score (nSPS) is 20.2. The SMILES string of the molecule is COC(=O)C1=C(C)NC(c2ccc(Cl)cc2)C(C#N)(C#N)C1c1ccc(Cl)cc1. The van der Waals surface area contributed by atoms with Crippen LogP contribution in [0.3, 0.4) is 0 Å². The molecule has 1 aliphatic heterocycles. The van der Waals surface area contributed by atoms with Gasteiger partial charge in [-0.3, -0.25) is 0 Å². The molecule has 146 valence electrons. The Morgan fingerprint density at radius 1 is 1.00 bits per heavy atom. The minimum absolute atomic E-state index is 0.239. The van der Waals surface area contributed by atoms with E-state index in [0.29, 0.717) is 26.9 Å². The Hall–Kier alpha value is -2.99. The molecule has 0 bridgehead atoms. The van der Waals surface area contributed by atoms with Crippen molar-refractivity contribution in [2.75, 3.05) is 7.11 Å². The number of nitrogens with zero attached hydrogens (tertiary/aromatic N) is 2. The van der Waals surface area contributed by atoms with Crippen molar-refractivity contribution >= 4 is 29.2 Å². The second-order valence-corrected chi connectivity index (χ2v) is 7.61. The Bertz CT molecular complexity index is 1030. The van der Waals surface area contributed by atoms with E-state index in [1.165, 1.54) is 7.11 Å². The van der Waals surface area contributed by atoms with Gasteiger partial charge in [-0.2, -0.15) is 10.5 Å². The smallest absolute Gasteiger partial charge is 0.336 e. The maximum Gasteiger partial charge on any atom is 0.336 e. The zero-order chi connectivity index (χ0) is 21.2. The van der Waals surface area contributed by atoms with Crippen LogP contribution in [0.2, 0.25) is 10.0 Å².